The van der Waals surface area contributed by atoms with Gasteiger partial charge < -0.3 is 0 Å². The maximum atomic E-state index is 4.56. The summed E-state index contributed by atoms with van der Waals surface area (Å²) in [6.07, 6.45) is 3.93. The number of aromatic nitrogens is 4. The molecule has 7 heteroatoms. The molecule has 1 aliphatic heterocycles. The molecule has 0 amide bonds. The average Bonchev–Trinajstić information content (AvgIpc) is 3.40. The van der Waals surface area contributed by atoms with Crippen molar-refractivity contribution in [1.82, 2.24) is 29.6 Å². The van der Waals surface area contributed by atoms with Gasteiger partial charge in [-0.2, -0.15) is 11.3 Å². The molecule has 1 fully saturated rings. The number of nitrogens with zero attached hydrogens (tertiary/aromatic N) is 6. The normalized spacial score (nSPS) is 18.7. The lowest BCUT2D eigenvalue weighted by Crippen LogP contribution is -2.46. The highest BCUT2D eigenvalue weighted by Gasteiger charge is 2.29. The van der Waals surface area contributed by atoms with Crippen molar-refractivity contribution in [3.63, 3.8) is 0 Å². The second kappa shape index (κ2) is 7.43. The summed E-state index contributed by atoms with van der Waals surface area (Å²) in [5.41, 5.74) is 5.62. The van der Waals surface area contributed by atoms with Crippen molar-refractivity contribution in [2.45, 2.75) is 12.6 Å². The Labute approximate surface area is 168 Å². The maximum Gasteiger partial charge on any atom is 0.109 e. The summed E-state index contributed by atoms with van der Waals surface area (Å²) in [5, 5.41) is 13.2. The number of rotatable bonds is 4. The van der Waals surface area contributed by atoms with E-state index in [1.165, 1.54) is 11.1 Å². The number of fused-ring (bicyclic) bond motifs is 1. The molecule has 0 aromatic carbocycles. The maximum absolute atomic E-state index is 4.56. The van der Waals surface area contributed by atoms with Gasteiger partial charge in [0.15, 0.2) is 0 Å². The van der Waals surface area contributed by atoms with Gasteiger partial charge in [-0.1, -0.05) is 17.3 Å². The lowest BCUT2D eigenvalue weighted by Gasteiger charge is -2.38. The minimum atomic E-state index is 0.224. The van der Waals surface area contributed by atoms with Crippen LogP contribution in [0.2, 0.25) is 0 Å². The van der Waals surface area contributed by atoms with Crippen molar-refractivity contribution >= 4 is 16.9 Å². The molecular formula is C21H22N6S. The molecule has 0 radical (unpaired) electrons. The van der Waals surface area contributed by atoms with Crippen LogP contribution in [-0.2, 0) is 6.54 Å². The number of hydrogen-bond donors (Lipinski definition) is 0. The molecule has 28 heavy (non-hydrogen) atoms. The molecule has 6 nitrogen and oxygen atoms in total. The van der Waals surface area contributed by atoms with E-state index in [-0.39, 0.29) is 6.04 Å². The first-order valence-corrected chi connectivity index (χ1v) is 10.4. The zero-order valence-corrected chi connectivity index (χ0v) is 16.6. The molecular weight excluding hydrogens is 368 g/mol. The predicted octanol–water partition coefficient (Wildman–Crippen LogP) is 3.34. The summed E-state index contributed by atoms with van der Waals surface area (Å²) < 4.78 is 1.91. The fourth-order valence-electron chi connectivity index (χ4n) is 3.84. The molecule has 5 rings (SSSR count). The van der Waals surface area contributed by atoms with Crippen LogP contribution in [0, 0.1) is 0 Å². The third kappa shape index (κ3) is 3.32. The van der Waals surface area contributed by atoms with Gasteiger partial charge in [0.1, 0.15) is 5.69 Å². The van der Waals surface area contributed by atoms with Crippen LogP contribution in [0.15, 0.2) is 59.6 Å². The van der Waals surface area contributed by atoms with Crippen molar-refractivity contribution in [3.05, 3.63) is 70.9 Å². The molecule has 0 aliphatic carbocycles. The van der Waals surface area contributed by atoms with Gasteiger partial charge in [0.25, 0.3) is 0 Å². The third-order valence-electron chi connectivity index (χ3n) is 5.45. The summed E-state index contributed by atoms with van der Waals surface area (Å²) in [7, 11) is 2.17. The molecule has 1 aliphatic rings. The Morgan fingerprint density at radius 3 is 2.89 bits per heavy atom. The van der Waals surface area contributed by atoms with Gasteiger partial charge in [-0.15, -0.1) is 5.10 Å². The monoisotopic (exact) mass is 390 g/mol. The van der Waals surface area contributed by atoms with E-state index in [2.05, 4.69) is 73.4 Å². The van der Waals surface area contributed by atoms with Crippen LogP contribution in [0.3, 0.4) is 0 Å². The Bertz CT molecular complexity index is 1060. The van der Waals surface area contributed by atoms with Crippen molar-refractivity contribution in [3.8, 4) is 11.1 Å². The van der Waals surface area contributed by atoms with Gasteiger partial charge in [0.2, 0.25) is 0 Å². The van der Waals surface area contributed by atoms with Crippen molar-refractivity contribution < 1.29 is 0 Å². The molecule has 0 N–H and O–H groups in total. The largest absolute Gasteiger partial charge is 0.295 e. The fourth-order valence-corrected chi connectivity index (χ4v) is 4.51. The summed E-state index contributed by atoms with van der Waals surface area (Å²) in [6, 6.07) is 12.8. The van der Waals surface area contributed by atoms with Gasteiger partial charge in [-0.25, -0.2) is 4.52 Å². The molecule has 1 atom stereocenters. The molecule has 0 bridgehead atoms. The van der Waals surface area contributed by atoms with Crippen molar-refractivity contribution in [1.29, 1.82) is 0 Å². The lowest BCUT2D eigenvalue weighted by atomic mass is 10.1. The molecule has 1 saturated heterocycles. The fraction of sp³-hybridized carbons (Fsp3) is 0.286. The Morgan fingerprint density at radius 2 is 2.07 bits per heavy atom. The molecule has 142 valence electrons. The molecule has 0 saturated carbocycles. The minimum Gasteiger partial charge on any atom is -0.295 e. The summed E-state index contributed by atoms with van der Waals surface area (Å²) in [6.45, 7) is 3.83. The zero-order chi connectivity index (χ0) is 18.9. The van der Waals surface area contributed by atoms with Crippen LogP contribution in [0.5, 0.6) is 0 Å². The molecule has 4 aromatic heterocycles. The SMILES string of the molecule is CN1CCN(Cc2ccccn2)C[C@H]1c1nnn2cc(-c3ccsc3)ccc12. The van der Waals surface area contributed by atoms with Crippen LogP contribution < -0.4 is 0 Å². The highest BCUT2D eigenvalue weighted by molar-refractivity contribution is 7.08. The van der Waals surface area contributed by atoms with E-state index < -0.39 is 0 Å². The first kappa shape index (κ1) is 17.5. The zero-order valence-electron chi connectivity index (χ0n) is 15.8. The van der Waals surface area contributed by atoms with E-state index in [1.54, 1.807) is 11.3 Å². The van der Waals surface area contributed by atoms with Crippen LogP contribution in [0.4, 0.5) is 0 Å². The highest BCUT2D eigenvalue weighted by Crippen LogP contribution is 2.28. The van der Waals surface area contributed by atoms with E-state index in [4.69, 9.17) is 0 Å². The van der Waals surface area contributed by atoms with E-state index in [0.717, 1.165) is 43.1 Å². The van der Waals surface area contributed by atoms with Crippen molar-refractivity contribution in [2.75, 3.05) is 26.7 Å². The Hall–Kier alpha value is -2.61. The van der Waals surface area contributed by atoms with E-state index in [9.17, 15) is 0 Å². The molecule has 0 spiro atoms. The smallest absolute Gasteiger partial charge is 0.109 e. The Morgan fingerprint density at radius 1 is 1.11 bits per heavy atom. The Balaban J connectivity index is 1.41. The van der Waals surface area contributed by atoms with Crippen LogP contribution in [-0.4, -0.2) is 56.3 Å². The number of pyridine rings is 2. The number of hydrogen-bond acceptors (Lipinski definition) is 6. The average molecular weight is 391 g/mol. The second-order valence-corrected chi connectivity index (χ2v) is 8.07. The predicted molar refractivity (Wildman–Crippen MR) is 111 cm³/mol. The van der Waals surface area contributed by atoms with Crippen molar-refractivity contribution in [2.24, 2.45) is 0 Å². The van der Waals surface area contributed by atoms with Gasteiger partial charge in [-0.05, 0) is 47.6 Å². The molecule has 5 heterocycles. The molecule has 4 aromatic rings. The number of likely N-dealkylation sites (N-methyl/N-ethyl adjacent to an activating group) is 1. The summed E-state index contributed by atoms with van der Waals surface area (Å²) >= 11 is 1.71. The van der Waals surface area contributed by atoms with E-state index >= 15 is 0 Å². The first-order chi connectivity index (χ1) is 13.8. The standard InChI is InChI=1S/C21H22N6S/c1-25-9-10-26(13-18-4-2-3-8-22-18)14-20(25)21-19-6-5-16(12-27(19)24-23-21)17-7-11-28-15-17/h2-8,11-12,15,20H,9-10,13-14H2,1H3/t20-/m0/s1. The van der Waals surface area contributed by atoms with E-state index in [0.29, 0.717) is 0 Å². The molecule has 0 unspecified atom stereocenters. The van der Waals surface area contributed by atoms with E-state index in [1.807, 2.05) is 22.8 Å². The third-order valence-corrected chi connectivity index (χ3v) is 6.14. The van der Waals surface area contributed by atoms with Gasteiger partial charge in [-0.3, -0.25) is 14.8 Å². The van der Waals surface area contributed by atoms with Crippen LogP contribution in [0.1, 0.15) is 17.4 Å². The number of thiophene rings is 1. The van der Waals surface area contributed by atoms with Crippen LogP contribution in [0.25, 0.3) is 16.6 Å². The van der Waals surface area contributed by atoms with Gasteiger partial charge in [0.05, 0.1) is 17.3 Å². The minimum absolute atomic E-state index is 0.224. The van der Waals surface area contributed by atoms with Gasteiger partial charge >= 0.3 is 0 Å². The lowest BCUT2D eigenvalue weighted by molar-refractivity contribution is 0.0881. The highest BCUT2D eigenvalue weighted by atomic mass is 32.1. The van der Waals surface area contributed by atoms with Gasteiger partial charge in [0, 0.05) is 44.1 Å². The summed E-state index contributed by atoms with van der Waals surface area (Å²) in [4.78, 5) is 9.31. The Kier molecular flexibility index (Phi) is 4.64. The quantitative estimate of drug-likeness (QED) is 0.535. The topological polar surface area (TPSA) is 49.6 Å². The van der Waals surface area contributed by atoms with Crippen LogP contribution >= 0.6 is 11.3 Å². The number of piperazine rings is 1. The summed E-state index contributed by atoms with van der Waals surface area (Å²) in [5.74, 6) is 0. The first-order valence-electron chi connectivity index (χ1n) is 9.48. The second-order valence-electron chi connectivity index (χ2n) is 7.29.